The lowest BCUT2D eigenvalue weighted by molar-refractivity contribution is 0.0526. The van der Waals surface area contributed by atoms with Crippen molar-refractivity contribution >= 4 is 33.3 Å². The molecule has 0 saturated heterocycles. The number of rotatable bonds is 2. The topological polar surface area (TPSA) is 78.3 Å². The van der Waals surface area contributed by atoms with Crippen LogP contribution in [0.3, 0.4) is 0 Å². The van der Waals surface area contributed by atoms with E-state index in [2.05, 4.69) is 15.9 Å². The highest BCUT2D eigenvalue weighted by Crippen LogP contribution is 2.28. The van der Waals surface area contributed by atoms with Gasteiger partial charge in [0.25, 0.3) is 0 Å². The molecule has 5 heteroatoms. The van der Waals surface area contributed by atoms with E-state index in [9.17, 15) is 4.79 Å². The Morgan fingerprint density at radius 1 is 1.50 bits per heavy atom. The van der Waals surface area contributed by atoms with E-state index in [0.717, 1.165) is 0 Å². The van der Waals surface area contributed by atoms with Crippen LogP contribution in [-0.2, 0) is 4.74 Å². The van der Waals surface area contributed by atoms with E-state index in [4.69, 9.17) is 16.2 Å². The molecule has 0 radical (unpaired) electrons. The molecule has 0 amide bonds. The van der Waals surface area contributed by atoms with Crippen molar-refractivity contribution in [3.63, 3.8) is 0 Å². The van der Waals surface area contributed by atoms with Gasteiger partial charge in [0, 0.05) is 4.47 Å². The van der Waals surface area contributed by atoms with E-state index in [1.165, 1.54) is 0 Å². The second kappa shape index (κ2) is 4.32. The summed E-state index contributed by atoms with van der Waals surface area (Å²) in [7, 11) is 0. The number of carbonyl (C=O) groups excluding carboxylic acids is 1. The van der Waals surface area contributed by atoms with Crippen LogP contribution in [0, 0.1) is 0 Å². The molecule has 1 rings (SSSR count). The van der Waals surface area contributed by atoms with Crippen LogP contribution in [0.1, 0.15) is 17.3 Å². The van der Waals surface area contributed by atoms with Gasteiger partial charge in [-0.05, 0) is 35.0 Å². The van der Waals surface area contributed by atoms with Crippen molar-refractivity contribution in [1.29, 1.82) is 0 Å². The highest BCUT2D eigenvalue weighted by molar-refractivity contribution is 9.10. The Morgan fingerprint density at radius 2 is 2.14 bits per heavy atom. The maximum Gasteiger partial charge on any atom is 0.341 e. The predicted molar refractivity (Wildman–Crippen MR) is 58.9 cm³/mol. The van der Waals surface area contributed by atoms with Gasteiger partial charge < -0.3 is 16.2 Å². The zero-order valence-electron chi connectivity index (χ0n) is 7.71. The highest BCUT2D eigenvalue weighted by atomic mass is 79.9. The molecule has 0 fully saturated rings. The molecule has 0 saturated carbocycles. The third kappa shape index (κ3) is 1.98. The number of nitrogens with two attached hydrogens (primary N) is 2. The Balaban J connectivity index is 3.18. The van der Waals surface area contributed by atoms with Crippen molar-refractivity contribution in [1.82, 2.24) is 0 Å². The number of ether oxygens (including phenoxy) is 1. The van der Waals surface area contributed by atoms with Crippen LogP contribution < -0.4 is 11.5 Å². The molecule has 0 heterocycles. The van der Waals surface area contributed by atoms with E-state index >= 15 is 0 Å². The summed E-state index contributed by atoms with van der Waals surface area (Å²) in [6.07, 6.45) is 0. The minimum Gasteiger partial charge on any atom is -0.462 e. The fourth-order valence-electron chi connectivity index (χ4n) is 1.02. The molecule has 14 heavy (non-hydrogen) atoms. The lowest BCUT2D eigenvalue weighted by Gasteiger charge is -2.09. The quantitative estimate of drug-likeness (QED) is 0.627. The van der Waals surface area contributed by atoms with Crippen LogP contribution in [-0.4, -0.2) is 12.6 Å². The first kappa shape index (κ1) is 10.8. The van der Waals surface area contributed by atoms with E-state index in [1.54, 1.807) is 19.1 Å². The molecule has 76 valence electrons. The molecular formula is C9H11BrN2O2. The monoisotopic (exact) mass is 258 g/mol. The summed E-state index contributed by atoms with van der Waals surface area (Å²) >= 11 is 3.22. The largest absolute Gasteiger partial charge is 0.462 e. The molecule has 4 N–H and O–H groups in total. The number of hydrogen-bond acceptors (Lipinski definition) is 4. The average molecular weight is 259 g/mol. The Morgan fingerprint density at radius 3 is 2.71 bits per heavy atom. The minimum atomic E-state index is -0.468. The first-order valence-corrected chi connectivity index (χ1v) is 4.87. The van der Waals surface area contributed by atoms with Crippen molar-refractivity contribution in [3.05, 3.63) is 22.2 Å². The van der Waals surface area contributed by atoms with Crippen LogP contribution in [0.4, 0.5) is 11.4 Å². The summed E-state index contributed by atoms with van der Waals surface area (Å²) < 4.78 is 5.43. The van der Waals surface area contributed by atoms with Crippen LogP contribution in [0.5, 0.6) is 0 Å². The normalized spacial score (nSPS) is 9.86. The van der Waals surface area contributed by atoms with Crippen LogP contribution in [0.15, 0.2) is 16.6 Å². The van der Waals surface area contributed by atoms with Gasteiger partial charge in [-0.3, -0.25) is 0 Å². The summed E-state index contributed by atoms with van der Waals surface area (Å²) in [5, 5.41) is 0. The van der Waals surface area contributed by atoms with Gasteiger partial charge in [0.15, 0.2) is 0 Å². The number of anilines is 2. The zero-order valence-corrected chi connectivity index (χ0v) is 9.30. The molecule has 4 nitrogen and oxygen atoms in total. The Kier molecular flexibility index (Phi) is 3.35. The zero-order chi connectivity index (χ0) is 10.7. The van der Waals surface area contributed by atoms with Crippen molar-refractivity contribution < 1.29 is 9.53 Å². The van der Waals surface area contributed by atoms with Crippen molar-refractivity contribution in [2.75, 3.05) is 18.1 Å². The van der Waals surface area contributed by atoms with Gasteiger partial charge >= 0.3 is 5.97 Å². The maximum absolute atomic E-state index is 11.5. The van der Waals surface area contributed by atoms with E-state index in [-0.39, 0.29) is 11.3 Å². The lowest BCUT2D eigenvalue weighted by atomic mass is 10.1. The first-order chi connectivity index (χ1) is 6.57. The third-order valence-corrected chi connectivity index (χ3v) is 2.37. The molecule has 0 spiro atoms. The minimum absolute atomic E-state index is 0.248. The summed E-state index contributed by atoms with van der Waals surface area (Å²) in [4.78, 5) is 11.5. The van der Waals surface area contributed by atoms with Gasteiger partial charge in [0.1, 0.15) is 0 Å². The second-order valence-corrected chi connectivity index (χ2v) is 3.50. The Labute approximate surface area is 90.3 Å². The van der Waals surface area contributed by atoms with E-state index in [0.29, 0.717) is 16.8 Å². The molecular weight excluding hydrogens is 248 g/mol. The van der Waals surface area contributed by atoms with E-state index < -0.39 is 5.97 Å². The summed E-state index contributed by atoms with van der Waals surface area (Å²) in [5.74, 6) is -0.468. The van der Waals surface area contributed by atoms with Crippen LogP contribution >= 0.6 is 15.9 Å². The highest BCUT2D eigenvalue weighted by Gasteiger charge is 2.16. The van der Waals surface area contributed by atoms with Gasteiger partial charge in [-0.15, -0.1) is 0 Å². The summed E-state index contributed by atoms with van der Waals surface area (Å²) in [6, 6.07) is 3.29. The lowest BCUT2D eigenvalue weighted by Crippen LogP contribution is -2.10. The molecule has 0 aliphatic carbocycles. The molecule has 0 bridgehead atoms. The van der Waals surface area contributed by atoms with E-state index in [1.807, 2.05) is 0 Å². The Bertz CT molecular complexity index is 366. The van der Waals surface area contributed by atoms with Crippen molar-refractivity contribution in [2.45, 2.75) is 6.92 Å². The van der Waals surface area contributed by atoms with Gasteiger partial charge in [-0.1, -0.05) is 0 Å². The average Bonchev–Trinajstić information content (AvgIpc) is 2.13. The molecule has 0 unspecified atom stereocenters. The second-order valence-electron chi connectivity index (χ2n) is 2.65. The number of nitrogen functional groups attached to an aromatic ring is 2. The number of halogens is 1. The maximum atomic E-state index is 11.5. The van der Waals surface area contributed by atoms with Crippen molar-refractivity contribution in [3.8, 4) is 0 Å². The fourth-order valence-corrected chi connectivity index (χ4v) is 1.53. The number of benzene rings is 1. The Hall–Kier alpha value is -1.23. The van der Waals surface area contributed by atoms with Crippen LogP contribution in [0.25, 0.3) is 0 Å². The molecule has 0 aliphatic heterocycles. The first-order valence-electron chi connectivity index (χ1n) is 4.08. The van der Waals surface area contributed by atoms with Gasteiger partial charge in [0.2, 0.25) is 0 Å². The molecule has 0 atom stereocenters. The number of carbonyl (C=O) groups is 1. The third-order valence-electron chi connectivity index (χ3n) is 1.71. The van der Waals surface area contributed by atoms with Crippen molar-refractivity contribution in [2.24, 2.45) is 0 Å². The molecule has 1 aromatic carbocycles. The molecule has 0 aromatic heterocycles. The smallest absolute Gasteiger partial charge is 0.341 e. The summed E-state index contributed by atoms with van der Waals surface area (Å²) in [6.45, 7) is 2.04. The standard InChI is InChI=1S/C9H11BrN2O2/c1-2-14-9(13)7-5(10)3-4-6(11)8(7)12/h3-4H,2,11-12H2,1H3. The number of esters is 1. The van der Waals surface area contributed by atoms with Gasteiger partial charge in [-0.2, -0.15) is 0 Å². The van der Waals surface area contributed by atoms with Gasteiger partial charge in [0.05, 0.1) is 23.5 Å². The fraction of sp³-hybridized carbons (Fsp3) is 0.222. The summed E-state index contributed by atoms with van der Waals surface area (Å²) in [5.41, 5.74) is 12.1. The van der Waals surface area contributed by atoms with Gasteiger partial charge in [-0.25, -0.2) is 4.79 Å². The van der Waals surface area contributed by atoms with Crippen LogP contribution in [0.2, 0.25) is 0 Å². The number of hydrogen-bond donors (Lipinski definition) is 2. The molecule has 0 aliphatic rings. The predicted octanol–water partition coefficient (Wildman–Crippen LogP) is 1.79. The SMILES string of the molecule is CCOC(=O)c1c(Br)ccc(N)c1N. The molecule has 1 aromatic rings.